The number of halogens is 3. The third kappa shape index (κ3) is 4.31. The Kier molecular flexibility index (Phi) is 4.33. The third-order valence-electron chi connectivity index (χ3n) is 2.01. The van der Waals surface area contributed by atoms with Crippen LogP contribution in [-0.2, 0) is 4.79 Å². The van der Waals surface area contributed by atoms with Crippen LogP contribution in [0.2, 0.25) is 0 Å². The quantitative estimate of drug-likeness (QED) is 0.696. The minimum atomic E-state index is -4.77. The monoisotopic (exact) mass is 248 g/mol. The fourth-order valence-corrected chi connectivity index (χ4v) is 1.12. The second kappa shape index (κ2) is 5.53. The summed E-state index contributed by atoms with van der Waals surface area (Å²) >= 11 is 0. The highest BCUT2D eigenvalue weighted by atomic mass is 19.4. The molecule has 3 N–H and O–H groups in total. The highest BCUT2D eigenvalue weighted by molar-refractivity contribution is 5.71. The Hall–Kier alpha value is -1.76. The number of alkyl halides is 3. The van der Waals surface area contributed by atoms with E-state index in [1.54, 1.807) is 30.3 Å². The lowest BCUT2D eigenvalue weighted by Gasteiger charge is -2.17. The minimum Gasteiger partial charge on any atom is -0.481 e. The Morgan fingerprint density at radius 2 is 1.88 bits per heavy atom. The third-order valence-corrected chi connectivity index (χ3v) is 2.01. The van der Waals surface area contributed by atoms with Crippen molar-refractivity contribution in [3.8, 4) is 0 Å². The van der Waals surface area contributed by atoms with Crippen LogP contribution < -0.4 is 10.9 Å². The molecular weight excluding hydrogens is 237 g/mol. The van der Waals surface area contributed by atoms with Crippen LogP contribution >= 0.6 is 0 Å². The number of anilines is 1. The van der Waals surface area contributed by atoms with Gasteiger partial charge in [0, 0.05) is 12.2 Å². The molecule has 4 nitrogen and oxygen atoms in total. The number of rotatable bonds is 5. The van der Waals surface area contributed by atoms with Crippen LogP contribution in [0.5, 0.6) is 0 Å². The number of carboxylic acids is 1. The Morgan fingerprint density at radius 1 is 1.29 bits per heavy atom. The molecule has 0 radical (unpaired) electrons. The van der Waals surface area contributed by atoms with E-state index in [1.165, 1.54) is 0 Å². The van der Waals surface area contributed by atoms with E-state index >= 15 is 0 Å². The molecule has 17 heavy (non-hydrogen) atoms. The molecule has 7 heteroatoms. The van der Waals surface area contributed by atoms with Crippen LogP contribution in [0, 0.1) is 5.92 Å². The van der Waals surface area contributed by atoms with E-state index in [0.29, 0.717) is 5.69 Å². The fourth-order valence-electron chi connectivity index (χ4n) is 1.12. The maximum absolute atomic E-state index is 12.2. The lowest BCUT2D eigenvalue weighted by molar-refractivity contribution is -0.192. The van der Waals surface area contributed by atoms with Gasteiger partial charge < -0.3 is 10.5 Å². The second-order valence-electron chi connectivity index (χ2n) is 3.30. The minimum absolute atomic E-state index is 0.554. The van der Waals surface area contributed by atoms with Crippen molar-refractivity contribution in [3.05, 3.63) is 30.3 Å². The Labute approximate surface area is 95.4 Å². The molecule has 1 atom stereocenters. The predicted molar refractivity (Wildman–Crippen MR) is 55.2 cm³/mol. The average molecular weight is 248 g/mol. The molecule has 0 aromatic heterocycles. The van der Waals surface area contributed by atoms with Gasteiger partial charge in [0.15, 0.2) is 5.92 Å². The van der Waals surface area contributed by atoms with Gasteiger partial charge in [0.1, 0.15) is 0 Å². The first kappa shape index (κ1) is 13.3. The van der Waals surface area contributed by atoms with Crippen LogP contribution in [0.1, 0.15) is 0 Å². The largest absolute Gasteiger partial charge is 0.481 e. The Morgan fingerprint density at radius 3 is 2.35 bits per heavy atom. The summed E-state index contributed by atoms with van der Waals surface area (Å²) in [5.41, 5.74) is 5.28. The molecule has 0 spiro atoms. The van der Waals surface area contributed by atoms with Crippen molar-refractivity contribution < 1.29 is 23.1 Å². The zero-order valence-corrected chi connectivity index (χ0v) is 8.66. The maximum Gasteiger partial charge on any atom is 0.403 e. The highest BCUT2D eigenvalue weighted by Gasteiger charge is 2.44. The normalized spacial score (nSPS) is 13.1. The molecule has 0 aliphatic carbocycles. The summed E-state index contributed by atoms with van der Waals surface area (Å²) in [6.07, 6.45) is -4.77. The molecule has 1 unspecified atom stereocenters. The van der Waals surface area contributed by atoms with Crippen molar-refractivity contribution >= 4 is 11.7 Å². The van der Waals surface area contributed by atoms with E-state index in [-0.39, 0.29) is 0 Å². The standard InChI is InChI=1S/C10H11F3N2O2/c11-10(12,13)8(9(16)17)6-14-15-7-4-2-1-3-5-7/h1-5,8,14-15H,6H2,(H,16,17). The first-order valence-corrected chi connectivity index (χ1v) is 4.74. The maximum atomic E-state index is 12.2. The molecule has 1 aromatic rings. The molecule has 1 aromatic carbocycles. The highest BCUT2D eigenvalue weighted by Crippen LogP contribution is 2.25. The summed E-state index contributed by atoms with van der Waals surface area (Å²) in [5.74, 6) is -4.33. The number of hydrogen-bond donors (Lipinski definition) is 3. The average Bonchev–Trinajstić information content (AvgIpc) is 2.23. The van der Waals surface area contributed by atoms with Crippen molar-refractivity contribution in [2.75, 3.05) is 12.0 Å². The number of hydrazine groups is 1. The first-order valence-electron chi connectivity index (χ1n) is 4.74. The Balaban J connectivity index is 2.46. The van der Waals surface area contributed by atoms with Gasteiger partial charge in [-0.3, -0.25) is 4.79 Å². The SMILES string of the molecule is O=C(O)C(CNNc1ccccc1)C(F)(F)F. The summed E-state index contributed by atoms with van der Waals surface area (Å²) < 4.78 is 36.7. The van der Waals surface area contributed by atoms with Gasteiger partial charge in [-0.05, 0) is 12.1 Å². The zero-order valence-electron chi connectivity index (χ0n) is 8.66. The molecule has 0 bridgehead atoms. The van der Waals surface area contributed by atoms with Crippen LogP contribution in [0.25, 0.3) is 0 Å². The molecule has 0 aliphatic heterocycles. The summed E-state index contributed by atoms with van der Waals surface area (Å²) in [6, 6.07) is 8.42. The van der Waals surface area contributed by atoms with Crippen molar-refractivity contribution in [1.29, 1.82) is 0 Å². The number of hydrogen-bond acceptors (Lipinski definition) is 3. The molecule has 94 valence electrons. The number of carbonyl (C=O) groups is 1. The molecule has 0 saturated heterocycles. The van der Waals surface area contributed by atoms with Crippen molar-refractivity contribution in [2.45, 2.75) is 6.18 Å². The van der Waals surface area contributed by atoms with Gasteiger partial charge in [-0.25, -0.2) is 5.43 Å². The Bertz CT molecular complexity index is 368. The number of carboxylic acid groups (broad SMARTS) is 1. The van der Waals surface area contributed by atoms with Crippen LogP contribution in [0.15, 0.2) is 30.3 Å². The van der Waals surface area contributed by atoms with E-state index in [1.807, 2.05) is 0 Å². The van der Waals surface area contributed by atoms with Gasteiger partial charge in [0.2, 0.25) is 0 Å². The first-order chi connectivity index (χ1) is 7.91. The van der Waals surface area contributed by atoms with E-state index in [0.717, 1.165) is 0 Å². The van der Waals surface area contributed by atoms with Gasteiger partial charge in [0.05, 0.1) is 0 Å². The van der Waals surface area contributed by atoms with Gasteiger partial charge in [-0.2, -0.15) is 13.2 Å². The van der Waals surface area contributed by atoms with Gasteiger partial charge in [0.25, 0.3) is 0 Å². The van der Waals surface area contributed by atoms with E-state index < -0.39 is 24.6 Å². The molecule has 0 heterocycles. The second-order valence-corrected chi connectivity index (χ2v) is 3.30. The molecule has 0 saturated carbocycles. The topological polar surface area (TPSA) is 61.4 Å². The van der Waals surface area contributed by atoms with Crippen molar-refractivity contribution in [2.24, 2.45) is 5.92 Å². The fraction of sp³-hybridized carbons (Fsp3) is 0.300. The zero-order chi connectivity index (χ0) is 12.9. The molecule has 0 fully saturated rings. The molecular formula is C10H11F3N2O2. The van der Waals surface area contributed by atoms with Crippen molar-refractivity contribution in [1.82, 2.24) is 5.43 Å². The summed E-state index contributed by atoms with van der Waals surface area (Å²) in [7, 11) is 0. The van der Waals surface area contributed by atoms with Crippen LogP contribution in [0.3, 0.4) is 0 Å². The predicted octanol–water partition coefficient (Wildman–Crippen LogP) is 1.87. The number of para-hydroxylation sites is 1. The van der Waals surface area contributed by atoms with Crippen molar-refractivity contribution in [3.63, 3.8) is 0 Å². The lowest BCUT2D eigenvalue weighted by atomic mass is 10.1. The summed E-state index contributed by atoms with van der Waals surface area (Å²) in [6.45, 7) is -0.742. The number of benzene rings is 1. The van der Waals surface area contributed by atoms with Crippen LogP contribution in [0.4, 0.5) is 18.9 Å². The van der Waals surface area contributed by atoms with Gasteiger partial charge in [-0.15, -0.1) is 0 Å². The molecule has 0 aliphatic rings. The number of aliphatic carboxylic acids is 1. The van der Waals surface area contributed by atoms with Crippen LogP contribution in [-0.4, -0.2) is 23.8 Å². The summed E-state index contributed by atoms with van der Waals surface area (Å²) in [5, 5.41) is 8.42. The van der Waals surface area contributed by atoms with E-state index in [9.17, 15) is 18.0 Å². The number of nitrogens with one attached hydrogen (secondary N) is 2. The van der Waals surface area contributed by atoms with Gasteiger partial charge in [-0.1, -0.05) is 18.2 Å². The van der Waals surface area contributed by atoms with E-state index in [2.05, 4.69) is 10.9 Å². The lowest BCUT2D eigenvalue weighted by Crippen LogP contribution is -2.40. The van der Waals surface area contributed by atoms with Gasteiger partial charge >= 0.3 is 12.1 Å². The molecule has 0 amide bonds. The summed E-state index contributed by atoms with van der Waals surface area (Å²) in [4.78, 5) is 10.4. The smallest absolute Gasteiger partial charge is 0.403 e. The molecule has 1 rings (SSSR count). The van der Waals surface area contributed by atoms with E-state index in [4.69, 9.17) is 5.11 Å².